The van der Waals surface area contributed by atoms with Crippen LogP contribution in [0.15, 0.2) is 23.1 Å². The van der Waals surface area contributed by atoms with Crippen LogP contribution >= 0.6 is 0 Å². The zero-order valence-electron chi connectivity index (χ0n) is 13.9. The highest BCUT2D eigenvalue weighted by molar-refractivity contribution is 7.90. The molecule has 1 saturated heterocycles. The largest absolute Gasteiger partial charge is 0.349 e. The minimum absolute atomic E-state index is 0.0111. The molecule has 2 aliphatic rings. The highest BCUT2D eigenvalue weighted by atomic mass is 32.2. The first-order chi connectivity index (χ1) is 11.2. The van der Waals surface area contributed by atoms with Gasteiger partial charge in [-0.2, -0.15) is 0 Å². The van der Waals surface area contributed by atoms with Crippen LogP contribution in [0.1, 0.15) is 37.8 Å². The van der Waals surface area contributed by atoms with Crippen molar-refractivity contribution in [2.24, 2.45) is 11.3 Å². The van der Waals surface area contributed by atoms with Gasteiger partial charge in [0.1, 0.15) is 10.7 Å². The number of benzene rings is 1. The maximum absolute atomic E-state index is 14.0. The molecule has 0 aromatic heterocycles. The van der Waals surface area contributed by atoms with E-state index in [4.69, 9.17) is 0 Å². The van der Waals surface area contributed by atoms with Crippen molar-refractivity contribution < 1.29 is 17.6 Å². The third kappa shape index (κ3) is 3.32. The first kappa shape index (κ1) is 17.4. The fourth-order valence-corrected chi connectivity index (χ4v) is 4.41. The molecule has 132 valence electrons. The number of carbonyl (C=O) groups is 1. The number of sulfone groups is 1. The Bertz CT molecular complexity index is 757. The topological polar surface area (TPSA) is 75.3 Å². The summed E-state index contributed by atoms with van der Waals surface area (Å²) in [6.07, 6.45) is 3.95. The van der Waals surface area contributed by atoms with Crippen molar-refractivity contribution in [3.8, 4) is 0 Å². The lowest BCUT2D eigenvalue weighted by molar-refractivity contribution is -0.123. The van der Waals surface area contributed by atoms with Crippen molar-refractivity contribution in [2.75, 3.05) is 19.3 Å². The highest BCUT2D eigenvalue weighted by Crippen LogP contribution is 2.58. The number of nitrogens with one attached hydrogen (secondary N) is 2. The second-order valence-corrected chi connectivity index (χ2v) is 9.05. The standard InChI is InChI=1S/C17H23FN2O3S/c1-11(12-3-4-15(14(18)9-12)24(2,22)23)20-16(21)13-10-17(13)5-7-19-8-6-17/h3-4,9,11,13,19H,5-8,10H2,1-2H3,(H,20,21). The van der Waals surface area contributed by atoms with Crippen LogP contribution in [-0.2, 0) is 14.6 Å². The van der Waals surface area contributed by atoms with Gasteiger partial charge in [0, 0.05) is 12.2 Å². The summed E-state index contributed by atoms with van der Waals surface area (Å²) in [6.45, 7) is 3.69. The molecule has 5 nitrogen and oxygen atoms in total. The molecular formula is C17H23FN2O3S. The molecule has 1 amide bonds. The molecule has 1 saturated carbocycles. The van der Waals surface area contributed by atoms with Gasteiger partial charge >= 0.3 is 0 Å². The summed E-state index contributed by atoms with van der Waals surface area (Å²) in [5, 5.41) is 6.25. The second-order valence-electron chi connectivity index (χ2n) is 7.06. The number of piperidine rings is 1. The van der Waals surface area contributed by atoms with E-state index in [2.05, 4.69) is 10.6 Å². The van der Waals surface area contributed by atoms with E-state index in [9.17, 15) is 17.6 Å². The third-order valence-corrected chi connectivity index (χ3v) is 6.45. The van der Waals surface area contributed by atoms with Gasteiger partial charge in [-0.1, -0.05) is 6.07 Å². The third-order valence-electron chi connectivity index (χ3n) is 5.32. The molecule has 1 heterocycles. The molecule has 1 aromatic rings. The minimum atomic E-state index is -3.59. The van der Waals surface area contributed by atoms with E-state index in [1.165, 1.54) is 12.1 Å². The van der Waals surface area contributed by atoms with Gasteiger partial charge in [-0.15, -0.1) is 0 Å². The van der Waals surface area contributed by atoms with Gasteiger partial charge in [0.2, 0.25) is 5.91 Å². The van der Waals surface area contributed by atoms with E-state index < -0.39 is 15.7 Å². The second kappa shape index (κ2) is 6.11. The molecule has 0 radical (unpaired) electrons. The Balaban J connectivity index is 1.66. The monoisotopic (exact) mass is 354 g/mol. The Morgan fingerprint density at radius 3 is 2.62 bits per heavy atom. The van der Waals surface area contributed by atoms with E-state index in [1.807, 2.05) is 0 Å². The average molecular weight is 354 g/mol. The van der Waals surface area contributed by atoms with Crippen molar-refractivity contribution in [1.82, 2.24) is 10.6 Å². The van der Waals surface area contributed by atoms with Crippen LogP contribution < -0.4 is 10.6 Å². The Labute approximate surface area is 141 Å². The van der Waals surface area contributed by atoms with Gasteiger partial charge in [-0.05, 0) is 62.4 Å². The minimum Gasteiger partial charge on any atom is -0.349 e. The van der Waals surface area contributed by atoms with E-state index in [1.54, 1.807) is 13.0 Å². The zero-order valence-corrected chi connectivity index (χ0v) is 14.7. The fraction of sp³-hybridized carbons (Fsp3) is 0.588. The predicted molar refractivity (Wildman–Crippen MR) is 88.7 cm³/mol. The van der Waals surface area contributed by atoms with Gasteiger partial charge in [-0.3, -0.25) is 4.79 Å². The normalized spacial score (nSPS) is 23.7. The van der Waals surface area contributed by atoms with Crippen LogP contribution in [0.25, 0.3) is 0 Å². The Kier molecular flexibility index (Phi) is 4.42. The van der Waals surface area contributed by atoms with Gasteiger partial charge < -0.3 is 10.6 Å². The van der Waals surface area contributed by atoms with Gasteiger partial charge in [-0.25, -0.2) is 12.8 Å². The highest BCUT2D eigenvalue weighted by Gasteiger charge is 2.57. The number of rotatable bonds is 4. The maximum Gasteiger partial charge on any atom is 0.224 e. The lowest BCUT2D eigenvalue weighted by Gasteiger charge is -2.24. The summed E-state index contributed by atoms with van der Waals surface area (Å²) >= 11 is 0. The van der Waals surface area contributed by atoms with E-state index in [0.717, 1.165) is 38.6 Å². The van der Waals surface area contributed by atoms with Crippen LogP contribution in [0.5, 0.6) is 0 Å². The van der Waals surface area contributed by atoms with Crippen LogP contribution in [0.2, 0.25) is 0 Å². The van der Waals surface area contributed by atoms with Crippen LogP contribution in [0.3, 0.4) is 0 Å². The summed E-state index contributed by atoms with van der Waals surface area (Å²) in [6, 6.07) is 3.64. The van der Waals surface area contributed by atoms with Crippen molar-refractivity contribution in [3.63, 3.8) is 0 Å². The van der Waals surface area contributed by atoms with E-state index in [0.29, 0.717) is 5.56 Å². The summed E-state index contributed by atoms with van der Waals surface area (Å²) in [5.41, 5.74) is 0.716. The number of carbonyl (C=O) groups excluding carboxylic acids is 1. The van der Waals surface area contributed by atoms with Gasteiger partial charge in [0.25, 0.3) is 0 Å². The van der Waals surface area contributed by atoms with E-state index in [-0.39, 0.29) is 28.2 Å². The first-order valence-corrected chi connectivity index (χ1v) is 10.1. The van der Waals surface area contributed by atoms with Crippen molar-refractivity contribution in [2.45, 2.75) is 37.1 Å². The van der Waals surface area contributed by atoms with Crippen LogP contribution in [0.4, 0.5) is 4.39 Å². The molecule has 1 spiro atoms. The molecule has 3 rings (SSSR count). The summed E-state index contributed by atoms with van der Waals surface area (Å²) in [7, 11) is -3.59. The molecule has 24 heavy (non-hydrogen) atoms. The number of amides is 1. The predicted octanol–water partition coefficient (Wildman–Crippen LogP) is 1.80. The van der Waals surface area contributed by atoms with Crippen LogP contribution in [0, 0.1) is 17.2 Å². The molecular weight excluding hydrogens is 331 g/mol. The summed E-state index contributed by atoms with van der Waals surface area (Å²) in [4.78, 5) is 12.1. The van der Waals surface area contributed by atoms with Crippen molar-refractivity contribution >= 4 is 15.7 Å². The summed E-state index contributed by atoms with van der Waals surface area (Å²) < 4.78 is 36.9. The Morgan fingerprint density at radius 1 is 1.38 bits per heavy atom. The summed E-state index contributed by atoms with van der Waals surface area (Å²) in [5.74, 6) is -0.725. The fourth-order valence-electron chi connectivity index (χ4n) is 3.68. The van der Waals surface area contributed by atoms with Crippen molar-refractivity contribution in [1.29, 1.82) is 0 Å². The molecule has 2 atom stereocenters. The molecule has 1 aromatic carbocycles. The first-order valence-electron chi connectivity index (χ1n) is 8.23. The molecule has 2 unspecified atom stereocenters. The number of hydrogen-bond acceptors (Lipinski definition) is 4. The van der Waals surface area contributed by atoms with Crippen molar-refractivity contribution in [3.05, 3.63) is 29.6 Å². The molecule has 1 aliphatic carbocycles. The number of hydrogen-bond donors (Lipinski definition) is 2. The zero-order chi connectivity index (χ0) is 17.5. The quantitative estimate of drug-likeness (QED) is 0.865. The smallest absolute Gasteiger partial charge is 0.224 e. The maximum atomic E-state index is 14.0. The molecule has 0 bridgehead atoms. The van der Waals surface area contributed by atoms with Crippen LogP contribution in [-0.4, -0.2) is 33.7 Å². The molecule has 1 aliphatic heterocycles. The van der Waals surface area contributed by atoms with Gasteiger partial charge in [0.15, 0.2) is 9.84 Å². The lowest BCUT2D eigenvalue weighted by atomic mass is 9.91. The molecule has 2 fully saturated rings. The Morgan fingerprint density at radius 2 is 2.04 bits per heavy atom. The molecule has 7 heteroatoms. The average Bonchev–Trinajstić information content (AvgIpc) is 3.20. The van der Waals surface area contributed by atoms with Gasteiger partial charge in [0.05, 0.1) is 6.04 Å². The SMILES string of the molecule is CC(NC(=O)C1CC12CCNCC2)c1ccc(S(C)(=O)=O)c(F)c1. The van der Waals surface area contributed by atoms with E-state index >= 15 is 0 Å². The Hall–Kier alpha value is -1.47. The lowest BCUT2D eigenvalue weighted by Crippen LogP contribution is -2.34. The molecule has 2 N–H and O–H groups in total. The number of halogens is 1.